The van der Waals surface area contributed by atoms with Crippen molar-refractivity contribution in [3.05, 3.63) is 24.3 Å². The Morgan fingerprint density at radius 1 is 1.17 bits per heavy atom. The molecule has 6 heteroatoms. The van der Waals surface area contributed by atoms with Crippen LogP contribution in [0.2, 0.25) is 0 Å². The van der Waals surface area contributed by atoms with E-state index in [9.17, 15) is 9.59 Å². The van der Waals surface area contributed by atoms with Crippen LogP contribution in [-0.4, -0.2) is 68.0 Å². The smallest absolute Gasteiger partial charge is 0.228 e. The zero-order valence-electron chi connectivity index (χ0n) is 14.4. The number of carbonyl (C=O) groups is 2. The van der Waals surface area contributed by atoms with E-state index in [0.717, 1.165) is 37.6 Å². The Hall–Kier alpha value is -2.08. The standard InChI is InChI=1S/C18H25N3O3/c1-3-24-16-6-4-15(5-7-16)21-13-14(12-17(21)22)18(23)20-10-8-19(2)9-11-20/h4-7,14H,3,8-13H2,1-2H3. The molecule has 0 aliphatic carbocycles. The van der Waals surface area contributed by atoms with Crippen LogP contribution in [0.4, 0.5) is 5.69 Å². The molecule has 24 heavy (non-hydrogen) atoms. The molecule has 6 nitrogen and oxygen atoms in total. The molecule has 0 saturated carbocycles. The molecular formula is C18H25N3O3. The second-order valence-electron chi connectivity index (χ2n) is 6.46. The average Bonchev–Trinajstić information content (AvgIpc) is 2.98. The summed E-state index contributed by atoms with van der Waals surface area (Å²) in [5.74, 6) is 0.696. The van der Waals surface area contributed by atoms with Crippen LogP contribution in [0.15, 0.2) is 24.3 Å². The fourth-order valence-electron chi connectivity index (χ4n) is 3.30. The fraction of sp³-hybridized carbons (Fsp3) is 0.556. The lowest BCUT2D eigenvalue weighted by Crippen LogP contribution is -2.49. The minimum absolute atomic E-state index is 0.0200. The highest BCUT2D eigenvalue weighted by Gasteiger charge is 2.37. The number of nitrogens with zero attached hydrogens (tertiary/aromatic N) is 3. The van der Waals surface area contributed by atoms with Crippen molar-refractivity contribution < 1.29 is 14.3 Å². The first-order chi connectivity index (χ1) is 11.6. The lowest BCUT2D eigenvalue weighted by Gasteiger charge is -2.33. The summed E-state index contributed by atoms with van der Waals surface area (Å²) in [6.07, 6.45) is 0.304. The van der Waals surface area contributed by atoms with Crippen molar-refractivity contribution in [3.8, 4) is 5.75 Å². The van der Waals surface area contributed by atoms with Crippen LogP contribution < -0.4 is 9.64 Å². The van der Waals surface area contributed by atoms with Gasteiger partial charge in [-0.15, -0.1) is 0 Å². The van der Waals surface area contributed by atoms with Crippen LogP contribution >= 0.6 is 0 Å². The Morgan fingerprint density at radius 3 is 2.46 bits per heavy atom. The third-order valence-electron chi connectivity index (χ3n) is 4.75. The van der Waals surface area contributed by atoms with Gasteiger partial charge in [0, 0.05) is 44.8 Å². The molecule has 0 N–H and O–H groups in total. The Morgan fingerprint density at radius 2 is 1.83 bits per heavy atom. The summed E-state index contributed by atoms with van der Waals surface area (Å²) in [4.78, 5) is 30.9. The maximum Gasteiger partial charge on any atom is 0.228 e. The lowest BCUT2D eigenvalue weighted by molar-refractivity contribution is -0.137. The van der Waals surface area contributed by atoms with Crippen molar-refractivity contribution in [3.63, 3.8) is 0 Å². The summed E-state index contributed by atoms with van der Waals surface area (Å²) in [6.45, 7) is 6.32. The predicted octanol–water partition coefficient (Wildman–Crippen LogP) is 1.21. The molecule has 0 spiro atoms. The Balaban J connectivity index is 1.63. The van der Waals surface area contributed by atoms with E-state index in [2.05, 4.69) is 11.9 Å². The molecular weight excluding hydrogens is 306 g/mol. The first kappa shape index (κ1) is 16.8. The highest BCUT2D eigenvalue weighted by atomic mass is 16.5. The molecule has 1 aromatic carbocycles. The Labute approximate surface area is 143 Å². The van der Waals surface area contributed by atoms with Gasteiger partial charge in [-0.25, -0.2) is 0 Å². The molecule has 1 atom stereocenters. The number of amides is 2. The summed E-state index contributed by atoms with van der Waals surface area (Å²) in [6, 6.07) is 7.49. The summed E-state index contributed by atoms with van der Waals surface area (Å²) >= 11 is 0. The number of hydrogen-bond acceptors (Lipinski definition) is 4. The highest BCUT2D eigenvalue weighted by Crippen LogP contribution is 2.28. The van der Waals surface area contributed by atoms with E-state index in [1.165, 1.54) is 0 Å². The van der Waals surface area contributed by atoms with Gasteiger partial charge in [0.15, 0.2) is 0 Å². The number of anilines is 1. The van der Waals surface area contributed by atoms with Crippen LogP contribution in [-0.2, 0) is 9.59 Å². The molecule has 1 aromatic rings. The molecule has 2 heterocycles. The van der Waals surface area contributed by atoms with Gasteiger partial charge in [-0.1, -0.05) is 0 Å². The second kappa shape index (κ2) is 7.21. The number of carbonyl (C=O) groups excluding carboxylic acids is 2. The van der Waals surface area contributed by atoms with Crippen LogP contribution in [0.25, 0.3) is 0 Å². The van der Waals surface area contributed by atoms with E-state index in [4.69, 9.17) is 4.74 Å². The van der Waals surface area contributed by atoms with Crippen molar-refractivity contribution in [2.24, 2.45) is 5.92 Å². The summed E-state index contributed by atoms with van der Waals surface area (Å²) in [5, 5.41) is 0. The first-order valence-electron chi connectivity index (χ1n) is 8.59. The summed E-state index contributed by atoms with van der Waals surface area (Å²) in [5.41, 5.74) is 0.831. The molecule has 3 rings (SSSR count). The third kappa shape index (κ3) is 3.53. The normalized spacial score (nSPS) is 22.1. The third-order valence-corrected chi connectivity index (χ3v) is 4.75. The van der Waals surface area contributed by atoms with Crippen molar-refractivity contribution >= 4 is 17.5 Å². The minimum Gasteiger partial charge on any atom is -0.494 e. The van der Waals surface area contributed by atoms with Crippen molar-refractivity contribution in [1.82, 2.24) is 9.80 Å². The molecule has 0 bridgehead atoms. The van der Waals surface area contributed by atoms with E-state index in [-0.39, 0.29) is 17.7 Å². The molecule has 2 amide bonds. The number of ether oxygens (including phenoxy) is 1. The molecule has 130 valence electrons. The number of rotatable bonds is 4. The maximum atomic E-state index is 12.7. The highest BCUT2D eigenvalue weighted by molar-refractivity contribution is 6.00. The van der Waals surface area contributed by atoms with E-state index < -0.39 is 0 Å². The predicted molar refractivity (Wildman–Crippen MR) is 92.1 cm³/mol. The van der Waals surface area contributed by atoms with Gasteiger partial charge in [0.2, 0.25) is 11.8 Å². The molecule has 2 saturated heterocycles. The van der Waals surface area contributed by atoms with Gasteiger partial charge in [-0.2, -0.15) is 0 Å². The maximum absolute atomic E-state index is 12.7. The van der Waals surface area contributed by atoms with Gasteiger partial charge in [0.05, 0.1) is 12.5 Å². The van der Waals surface area contributed by atoms with E-state index in [0.29, 0.717) is 19.6 Å². The average molecular weight is 331 g/mol. The van der Waals surface area contributed by atoms with Gasteiger partial charge in [-0.05, 0) is 38.2 Å². The van der Waals surface area contributed by atoms with Crippen LogP contribution in [0, 0.1) is 5.92 Å². The summed E-state index contributed by atoms with van der Waals surface area (Å²) < 4.78 is 5.43. The van der Waals surface area contributed by atoms with Crippen molar-refractivity contribution in [1.29, 1.82) is 0 Å². The Bertz CT molecular complexity index is 594. The van der Waals surface area contributed by atoms with Gasteiger partial charge >= 0.3 is 0 Å². The van der Waals surface area contributed by atoms with Gasteiger partial charge in [0.1, 0.15) is 5.75 Å². The molecule has 0 radical (unpaired) electrons. The topological polar surface area (TPSA) is 53.1 Å². The van der Waals surface area contributed by atoms with Crippen molar-refractivity contribution in [2.75, 3.05) is 51.3 Å². The van der Waals surface area contributed by atoms with Gasteiger partial charge in [-0.3, -0.25) is 9.59 Å². The zero-order valence-corrected chi connectivity index (χ0v) is 14.4. The second-order valence-corrected chi connectivity index (χ2v) is 6.46. The largest absolute Gasteiger partial charge is 0.494 e. The molecule has 2 aliphatic heterocycles. The van der Waals surface area contributed by atoms with Crippen LogP contribution in [0.3, 0.4) is 0 Å². The number of benzene rings is 1. The van der Waals surface area contributed by atoms with Gasteiger partial charge in [0.25, 0.3) is 0 Å². The zero-order chi connectivity index (χ0) is 17.1. The molecule has 0 aromatic heterocycles. The van der Waals surface area contributed by atoms with Crippen LogP contribution in [0.5, 0.6) is 5.75 Å². The van der Waals surface area contributed by atoms with Gasteiger partial charge < -0.3 is 19.4 Å². The summed E-state index contributed by atoms with van der Waals surface area (Å²) in [7, 11) is 2.06. The molecule has 2 aliphatic rings. The lowest BCUT2D eigenvalue weighted by atomic mass is 10.1. The quantitative estimate of drug-likeness (QED) is 0.832. The fourth-order valence-corrected chi connectivity index (χ4v) is 3.30. The van der Waals surface area contributed by atoms with Crippen molar-refractivity contribution in [2.45, 2.75) is 13.3 Å². The number of hydrogen-bond donors (Lipinski definition) is 0. The van der Waals surface area contributed by atoms with E-state index >= 15 is 0 Å². The molecule has 1 unspecified atom stereocenters. The van der Waals surface area contributed by atoms with E-state index in [1.54, 1.807) is 4.90 Å². The Kier molecular flexibility index (Phi) is 5.04. The monoisotopic (exact) mass is 331 g/mol. The van der Waals surface area contributed by atoms with E-state index in [1.807, 2.05) is 36.1 Å². The van der Waals surface area contributed by atoms with Crippen LogP contribution in [0.1, 0.15) is 13.3 Å². The first-order valence-corrected chi connectivity index (χ1v) is 8.59. The molecule has 2 fully saturated rings. The number of piperazine rings is 1. The minimum atomic E-state index is -0.229. The SMILES string of the molecule is CCOc1ccc(N2CC(C(=O)N3CCN(C)CC3)CC2=O)cc1. The number of likely N-dealkylation sites (N-methyl/N-ethyl adjacent to an activating group) is 1.